The van der Waals surface area contributed by atoms with Crippen molar-refractivity contribution in [2.45, 2.75) is 18.8 Å². The molecule has 158 valence electrons. The van der Waals surface area contributed by atoms with E-state index in [1.807, 2.05) is 6.07 Å². The van der Waals surface area contributed by atoms with Gasteiger partial charge in [-0.25, -0.2) is 4.39 Å². The monoisotopic (exact) mass is 407 g/mol. The minimum Gasteiger partial charge on any atom is -0.369 e. The van der Waals surface area contributed by atoms with Crippen molar-refractivity contribution < 1.29 is 9.18 Å². The van der Waals surface area contributed by atoms with Crippen molar-refractivity contribution in [2.75, 3.05) is 50.7 Å². The Morgan fingerprint density at radius 3 is 2.40 bits per heavy atom. The van der Waals surface area contributed by atoms with Crippen LogP contribution in [-0.4, -0.2) is 61.5 Å². The first-order valence-corrected chi connectivity index (χ1v) is 11.2. The standard InChI is InChI=1S/C25H30FN3O/c26-22-6-4-5-20(15-22)24-18-29(25(30)19-9-10-19)17-21(24)16-27-11-13-28(14-12-27)23-7-2-1-3-8-23/h1-8,15,19,21,24H,9-14,16-18H2. The maximum absolute atomic E-state index is 13.9. The predicted octanol–water partition coefficient (Wildman–Crippen LogP) is 3.60. The maximum Gasteiger partial charge on any atom is 0.225 e. The van der Waals surface area contributed by atoms with Crippen molar-refractivity contribution in [3.05, 3.63) is 66.0 Å². The van der Waals surface area contributed by atoms with Crippen LogP contribution in [0.25, 0.3) is 0 Å². The van der Waals surface area contributed by atoms with E-state index in [1.54, 1.807) is 12.1 Å². The lowest BCUT2D eigenvalue weighted by molar-refractivity contribution is -0.131. The lowest BCUT2D eigenvalue weighted by Crippen LogP contribution is -2.48. The van der Waals surface area contributed by atoms with Crippen LogP contribution in [0.2, 0.25) is 0 Å². The molecular formula is C25H30FN3O. The summed E-state index contributed by atoms with van der Waals surface area (Å²) in [6.07, 6.45) is 2.07. The van der Waals surface area contributed by atoms with Crippen LogP contribution in [0.15, 0.2) is 54.6 Å². The molecule has 1 aliphatic carbocycles. The molecule has 0 N–H and O–H groups in total. The molecule has 0 spiro atoms. The number of anilines is 1. The van der Waals surface area contributed by atoms with Crippen LogP contribution in [0.5, 0.6) is 0 Å². The molecule has 2 atom stereocenters. The van der Waals surface area contributed by atoms with E-state index in [4.69, 9.17) is 0 Å². The minimum absolute atomic E-state index is 0.185. The molecule has 0 radical (unpaired) electrons. The van der Waals surface area contributed by atoms with Crippen LogP contribution in [0.3, 0.4) is 0 Å². The van der Waals surface area contributed by atoms with Crippen LogP contribution < -0.4 is 4.90 Å². The number of rotatable bonds is 5. The third-order valence-electron chi connectivity index (χ3n) is 6.94. The highest BCUT2D eigenvalue weighted by molar-refractivity contribution is 5.81. The summed E-state index contributed by atoms with van der Waals surface area (Å²) in [5.41, 5.74) is 2.32. The Kier molecular flexibility index (Phi) is 5.47. The molecule has 2 aromatic rings. The molecule has 3 aliphatic rings. The number of amides is 1. The first-order chi connectivity index (χ1) is 14.7. The Morgan fingerprint density at radius 2 is 1.70 bits per heavy atom. The zero-order valence-electron chi connectivity index (χ0n) is 17.4. The van der Waals surface area contributed by atoms with Crippen LogP contribution in [0.1, 0.15) is 24.3 Å². The number of nitrogens with zero attached hydrogens (tertiary/aromatic N) is 3. The molecule has 0 aromatic heterocycles. The van der Waals surface area contributed by atoms with Gasteiger partial charge >= 0.3 is 0 Å². The molecule has 5 heteroatoms. The molecule has 2 unspecified atom stereocenters. The quantitative estimate of drug-likeness (QED) is 0.758. The average molecular weight is 408 g/mol. The molecule has 1 saturated carbocycles. The number of carbonyl (C=O) groups is 1. The Balaban J connectivity index is 1.26. The number of hydrogen-bond acceptors (Lipinski definition) is 3. The second-order valence-corrected chi connectivity index (χ2v) is 9.06. The molecule has 4 nitrogen and oxygen atoms in total. The summed E-state index contributed by atoms with van der Waals surface area (Å²) in [5.74, 6) is 0.946. The summed E-state index contributed by atoms with van der Waals surface area (Å²) in [7, 11) is 0. The van der Waals surface area contributed by atoms with Crippen LogP contribution >= 0.6 is 0 Å². The van der Waals surface area contributed by atoms with Gasteiger partial charge in [0.25, 0.3) is 0 Å². The van der Waals surface area contributed by atoms with Crippen molar-refractivity contribution >= 4 is 11.6 Å². The van der Waals surface area contributed by atoms with Gasteiger partial charge in [-0.3, -0.25) is 9.69 Å². The molecule has 2 saturated heterocycles. The van der Waals surface area contributed by atoms with Gasteiger partial charge < -0.3 is 9.80 Å². The van der Waals surface area contributed by atoms with Crippen molar-refractivity contribution in [1.82, 2.24) is 9.80 Å². The third kappa shape index (κ3) is 4.22. The van der Waals surface area contributed by atoms with E-state index < -0.39 is 0 Å². The van der Waals surface area contributed by atoms with E-state index in [0.29, 0.717) is 11.8 Å². The van der Waals surface area contributed by atoms with Gasteiger partial charge in [0.05, 0.1) is 0 Å². The Labute approximate surface area is 178 Å². The summed E-state index contributed by atoms with van der Waals surface area (Å²) in [4.78, 5) is 19.7. The zero-order chi connectivity index (χ0) is 20.5. The highest BCUT2D eigenvalue weighted by Crippen LogP contribution is 2.38. The Hall–Kier alpha value is -2.40. The van der Waals surface area contributed by atoms with Gasteiger partial charge in [-0.05, 0) is 48.6 Å². The van der Waals surface area contributed by atoms with E-state index in [-0.39, 0.29) is 17.7 Å². The molecule has 2 aromatic carbocycles. The van der Waals surface area contributed by atoms with Crippen LogP contribution in [0.4, 0.5) is 10.1 Å². The second-order valence-electron chi connectivity index (χ2n) is 9.06. The summed E-state index contributed by atoms with van der Waals surface area (Å²) >= 11 is 0. The lowest BCUT2D eigenvalue weighted by atomic mass is 9.88. The van der Waals surface area contributed by atoms with Gasteiger partial charge in [-0.2, -0.15) is 0 Å². The van der Waals surface area contributed by atoms with Gasteiger partial charge in [-0.1, -0.05) is 30.3 Å². The van der Waals surface area contributed by atoms with E-state index in [0.717, 1.165) is 64.2 Å². The van der Waals surface area contributed by atoms with Gasteiger partial charge in [0.2, 0.25) is 5.91 Å². The maximum atomic E-state index is 13.9. The normalized spacial score (nSPS) is 25.0. The number of hydrogen-bond donors (Lipinski definition) is 0. The molecule has 2 heterocycles. The molecule has 2 aliphatic heterocycles. The summed E-state index contributed by atoms with van der Waals surface area (Å²) in [6, 6.07) is 17.6. The average Bonchev–Trinajstić information content (AvgIpc) is 3.55. The van der Waals surface area contributed by atoms with Crippen LogP contribution in [0, 0.1) is 17.7 Å². The minimum atomic E-state index is -0.185. The van der Waals surface area contributed by atoms with Crippen molar-refractivity contribution in [1.29, 1.82) is 0 Å². The summed E-state index contributed by atoms with van der Waals surface area (Å²) in [6.45, 7) is 6.59. The number of carbonyl (C=O) groups excluding carboxylic acids is 1. The predicted molar refractivity (Wildman–Crippen MR) is 117 cm³/mol. The molecule has 5 rings (SSSR count). The van der Waals surface area contributed by atoms with E-state index >= 15 is 0 Å². The van der Waals surface area contributed by atoms with Gasteiger partial charge in [0, 0.05) is 63.3 Å². The summed E-state index contributed by atoms with van der Waals surface area (Å²) in [5, 5.41) is 0. The second kappa shape index (κ2) is 8.38. The van der Waals surface area contributed by atoms with Crippen molar-refractivity contribution in [3.63, 3.8) is 0 Å². The number of benzene rings is 2. The Bertz CT molecular complexity index is 877. The Morgan fingerprint density at radius 1 is 0.933 bits per heavy atom. The van der Waals surface area contributed by atoms with Crippen molar-refractivity contribution in [3.8, 4) is 0 Å². The first kappa shape index (κ1) is 19.6. The molecule has 1 amide bonds. The number of likely N-dealkylation sites (tertiary alicyclic amines) is 1. The highest BCUT2D eigenvalue weighted by atomic mass is 19.1. The third-order valence-corrected chi connectivity index (χ3v) is 6.94. The number of halogens is 1. The highest BCUT2D eigenvalue weighted by Gasteiger charge is 2.41. The van der Waals surface area contributed by atoms with E-state index in [1.165, 1.54) is 11.8 Å². The first-order valence-electron chi connectivity index (χ1n) is 11.2. The molecule has 3 fully saturated rings. The topological polar surface area (TPSA) is 26.8 Å². The van der Waals surface area contributed by atoms with Crippen molar-refractivity contribution in [2.24, 2.45) is 11.8 Å². The molecule has 0 bridgehead atoms. The fraction of sp³-hybridized carbons (Fsp3) is 0.480. The fourth-order valence-electron chi connectivity index (χ4n) is 5.10. The molecular weight excluding hydrogens is 377 g/mol. The van der Waals surface area contributed by atoms with Gasteiger partial charge in [0.15, 0.2) is 0 Å². The fourth-order valence-corrected chi connectivity index (χ4v) is 5.10. The zero-order valence-corrected chi connectivity index (χ0v) is 17.4. The number of piperazine rings is 1. The summed E-state index contributed by atoms with van der Waals surface area (Å²) < 4.78 is 13.9. The van der Waals surface area contributed by atoms with Gasteiger partial charge in [0.1, 0.15) is 5.82 Å². The largest absolute Gasteiger partial charge is 0.369 e. The van der Waals surface area contributed by atoms with E-state index in [2.05, 4.69) is 45.0 Å². The molecule has 30 heavy (non-hydrogen) atoms. The van der Waals surface area contributed by atoms with E-state index in [9.17, 15) is 9.18 Å². The SMILES string of the molecule is O=C(C1CC1)N1CC(CN2CCN(c3ccccc3)CC2)C(c2cccc(F)c2)C1. The lowest BCUT2D eigenvalue weighted by Gasteiger charge is -2.37. The van der Waals surface area contributed by atoms with Crippen LogP contribution in [-0.2, 0) is 4.79 Å². The van der Waals surface area contributed by atoms with Gasteiger partial charge in [-0.15, -0.1) is 0 Å². The number of para-hydroxylation sites is 1. The smallest absolute Gasteiger partial charge is 0.225 e.